The lowest BCUT2D eigenvalue weighted by atomic mass is 9.97. The molecule has 0 unspecified atom stereocenters. The van der Waals surface area contributed by atoms with Gasteiger partial charge < -0.3 is 14.2 Å². The summed E-state index contributed by atoms with van der Waals surface area (Å²) in [5, 5.41) is 5.14. The highest BCUT2D eigenvalue weighted by molar-refractivity contribution is 5.76. The topological polar surface area (TPSA) is 45.5 Å². The highest BCUT2D eigenvalue weighted by atomic mass is 16.5. The molecule has 0 aliphatic rings. The van der Waals surface area contributed by atoms with Crippen molar-refractivity contribution < 1.29 is 14.2 Å². The third-order valence-corrected chi connectivity index (χ3v) is 5.81. The van der Waals surface area contributed by atoms with E-state index in [0.29, 0.717) is 0 Å². The standard InChI is InChI=1S/C28H30N2O3/c1-5-6-7-26-27(20-8-14-23(31-2)15-9-20)29-30(22-12-18-25(33-4)19-13-22)28(26)21-10-16-24(32-3)17-11-21/h8-19H,5-7H2,1-4H3. The van der Waals surface area contributed by atoms with Crippen molar-refractivity contribution in [2.45, 2.75) is 26.2 Å². The van der Waals surface area contributed by atoms with Crippen LogP contribution in [0.4, 0.5) is 0 Å². The highest BCUT2D eigenvalue weighted by Gasteiger charge is 2.21. The molecule has 0 saturated carbocycles. The summed E-state index contributed by atoms with van der Waals surface area (Å²) < 4.78 is 18.2. The second-order valence-corrected chi connectivity index (χ2v) is 7.85. The van der Waals surface area contributed by atoms with Crippen molar-refractivity contribution in [3.05, 3.63) is 78.4 Å². The molecule has 0 bridgehead atoms. The highest BCUT2D eigenvalue weighted by Crippen LogP contribution is 2.37. The molecule has 5 nitrogen and oxygen atoms in total. The minimum Gasteiger partial charge on any atom is -0.497 e. The minimum absolute atomic E-state index is 0.818. The normalized spacial score (nSPS) is 10.8. The Labute approximate surface area is 195 Å². The number of hydrogen-bond acceptors (Lipinski definition) is 4. The Morgan fingerprint density at radius 3 is 1.64 bits per heavy atom. The molecule has 170 valence electrons. The van der Waals surface area contributed by atoms with E-state index in [9.17, 15) is 0 Å². The molecule has 5 heteroatoms. The fraction of sp³-hybridized carbons (Fsp3) is 0.250. The molecule has 0 aliphatic heterocycles. The second-order valence-electron chi connectivity index (χ2n) is 7.85. The van der Waals surface area contributed by atoms with Crippen LogP contribution in [0.3, 0.4) is 0 Å². The summed E-state index contributed by atoms with van der Waals surface area (Å²) in [5.74, 6) is 2.48. The summed E-state index contributed by atoms with van der Waals surface area (Å²) >= 11 is 0. The van der Waals surface area contributed by atoms with E-state index >= 15 is 0 Å². The van der Waals surface area contributed by atoms with Gasteiger partial charge in [-0.1, -0.05) is 13.3 Å². The Kier molecular flexibility index (Phi) is 6.98. The number of ether oxygens (including phenoxy) is 3. The van der Waals surface area contributed by atoms with E-state index < -0.39 is 0 Å². The second kappa shape index (κ2) is 10.3. The van der Waals surface area contributed by atoms with Gasteiger partial charge in [0.25, 0.3) is 0 Å². The smallest absolute Gasteiger partial charge is 0.119 e. The third-order valence-electron chi connectivity index (χ3n) is 5.81. The largest absolute Gasteiger partial charge is 0.497 e. The quantitative estimate of drug-likeness (QED) is 0.294. The van der Waals surface area contributed by atoms with Crippen LogP contribution in [0.1, 0.15) is 25.3 Å². The maximum Gasteiger partial charge on any atom is 0.119 e. The van der Waals surface area contributed by atoms with Gasteiger partial charge in [-0.2, -0.15) is 5.10 Å². The van der Waals surface area contributed by atoms with Crippen molar-refractivity contribution in [1.82, 2.24) is 9.78 Å². The molecule has 0 amide bonds. The van der Waals surface area contributed by atoms with Gasteiger partial charge in [0.1, 0.15) is 17.2 Å². The summed E-state index contributed by atoms with van der Waals surface area (Å²) in [5.41, 5.74) is 6.49. The number of aromatic nitrogens is 2. The van der Waals surface area contributed by atoms with Gasteiger partial charge in [0.05, 0.1) is 38.4 Å². The number of benzene rings is 3. The Balaban J connectivity index is 1.94. The van der Waals surface area contributed by atoms with E-state index in [4.69, 9.17) is 19.3 Å². The van der Waals surface area contributed by atoms with Crippen LogP contribution in [-0.4, -0.2) is 31.1 Å². The number of hydrogen-bond donors (Lipinski definition) is 0. The Hall–Kier alpha value is -3.73. The monoisotopic (exact) mass is 442 g/mol. The van der Waals surface area contributed by atoms with Crippen LogP contribution < -0.4 is 14.2 Å². The Morgan fingerprint density at radius 1 is 0.667 bits per heavy atom. The fourth-order valence-corrected chi connectivity index (χ4v) is 3.98. The molecular weight excluding hydrogens is 412 g/mol. The first-order chi connectivity index (χ1) is 16.2. The summed E-state index contributed by atoms with van der Waals surface area (Å²) in [6.45, 7) is 2.22. The average Bonchev–Trinajstić information content (AvgIpc) is 3.26. The minimum atomic E-state index is 0.818. The molecular formula is C28H30N2O3. The fourth-order valence-electron chi connectivity index (χ4n) is 3.98. The van der Waals surface area contributed by atoms with Gasteiger partial charge in [0.2, 0.25) is 0 Å². The Bertz CT molecular complexity index is 1180. The average molecular weight is 443 g/mol. The lowest BCUT2D eigenvalue weighted by Gasteiger charge is -2.12. The first-order valence-corrected chi connectivity index (χ1v) is 11.2. The van der Waals surface area contributed by atoms with Crippen LogP contribution in [0.25, 0.3) is 28.2 Å². The predicted octanol–water partition coefficient (Wildman–Crippen LogP) is 6.57. The van der Waals surface area contributed by atoms with Crippen molar-refractivity contribution in [3.63, 3.8) is 0 Å². The summed E-state index contributed by atoms with van der Waals surface area (Å²) in [6, 6.07) is 24.3. The van der Waals surface area contributed by atoms with Gasteiger partial charge in [0, 0.05) is 16.7 Å². The van der Waals surface area contributed by atoms with Crippen molar-refractivity contribution in [2.75, 3.05) is 21.3 Å². The van der Waals surface area contributed by atoms with E-state index in [1.807, 2.05) is 53.2 Å². The van der Waals surface area contributed by atoms with Crippen LogP contribution in [0.2, 0.25) is 0 Å². The van der Waals surface area contributed by atoms with Crippen LogP contribution in [0.5, 0.6) is 17.2 Å². The van der Waals surface area contributed by atoms with Gasteiger partial charge in [-0.25, -0.2) is 4.68 Å². The summed E-state index contributed by atoms with van der Waals surface area (Å²) in [6.07, 6.45) is 3.13. The number of nitrogens with zero attached hydrogens (tertiary/aromatic N) is 2. The molecule has 0 aliphatic carbocycles. The summed E-state index contributed by atoms with van der Waals surface area (Å²) in [4.78, 5) is 0. The molecule has 0 spiro atoms. The maximum absolute atomic E-state index is 5.39. The van der Waals surface area contributed by atoms with Crippen LogP contribution >= 0.6 is 0 Å². The SMILES string of the molecule is CCCCc1c(-c2ccc(OC)cc2)nn(-c2ccc(OC)cc2)c1-c1ccc(OC)cc1. The molecule has 1 heterocycles. The van der Waals surface area contributed by atoms with Crippen molar-refractivity contribution >= 4 is 0 Å². The van der Waals surface area contributed by atoms with Crippen LogP contribution in [0.15, 0.2) is 72.8 Å². The molecule has 0 N–H and O–H groups in total. The molecule has 0 saturated heterocycles. The van der Waals surface area contributed by atoms with E-state index in [1.54, 1.807) is 21.3 Å². The Morgan fingerprint density at radius 2 is 1.15 bits per heavy atom. The zero-order valence-corrected chi connectivity index (χ0v) is 19.7. The number of rotatable bonds is 9. The van der Waals surface area contributed by atoms with Gasteiger partial charge in [-0.05, 0) is 85.6 Å². The van der Waals surface area contributed by atoms with E-state index in [0.717, 1.165) is 64.7 Å². The molecule has 4 aromatic rings. The first-order valence-electron chi connectivity index (χ1n) is 11.2. The molecule has 0 fully saturated rings. The first kappa shape index (κ1) is 22.5. The van der Waals surface area contributed by atoms with E-state index in [1.165, 1.54) is 5.56 Å². The van der Waals surface area contributed by atoms with Gasteiger partial charge in [-0.15, -0.1) is 0 Å². The molecule has 3 aromatic carbocycles. The zero-order chi connectivity index (χ0) is 23.2. The lowest BCUT2D eigenvalue weighted by Crippen LogP contribution is -2.00. The van der Waals surface area contributed by atoms with E-state index in [2.05, 4.69) is 31.2 Å². The summed E-state index contributed by atoms with van der Waals surface area (Å²) in [7, 11) is 5.04. The predicted molar refractivity (Wildman–Crippen MR) is 133 cm³/mol. The van der Waals surface area contributed by atoms with Crippen molar-refractivity contribution in [3.8, 4) is 45.5 Å². The molecule has 0 radical (unpaired) electrons. The van der Waals surface area contributed by atoms with Crippen LogP contribution in [-0.2, 0) is 6.42 Å². The molecule has 1 aromatic heterocycles. The maximum atomic E-state index is 5.39. The van der Waals surface area contributed by atoms with Crippen molar-refractivity contribution in [1.29, 1.82) is 0 Å². The molecule has 4 rings (SSSR count). The number of unbranched alkanes of at least 4 members (excludes halogenated alkanes) is 1. The number of methoxy groups -OCH3 is 3. The van der Waals surface area contributed by atoms with Gasteiger partial charge in [0.15, 0.2) is 0 Å². The third kappa shape index (κ3) is 4.72. The molecule has 33 heavy (non-hydrogen) atoms. The molecule has 0 atom stereocenters. The van der Waals surface area contributed by atoms with Gasteiger partial charge >= 0.3 is 0 Å². The van der Waals surface area contributed by atoms with Gasteiger partial charge in [-0.3, -0.25) is 0 Å². The van der Waals surface area contributed by atoms with Crippen LogP contribution in [0, 0.1) is 0 Å². The zero-order valence-electron chi connectivity index (χ0n) is 19.7. The lowest BCUT2D eigenvalue weighted by molar-refractivity contribution is 0.414. The van der Waals surface area contributed by atoms with E-state index in [-0.39, 0.29) is 0 Å². The van der Waals surface area contributed by atoms with Crippen molar-refractivity contribution in [2.24, 2.45) is 0 Å².